The van der Waals surface area contributed by atoms with Crippen molar-refractivity contribution in [2.24, 2.45) is 0 Å². The second-order valence-corrected chi connectivity index (χ2v) is 6.02. The van der Waals surface area contributed by atoms with Crippen LogP contribution in [0.3, 0.4) is 0 Å². The lowest BCUT2D eigenvalue weighted by atomic mass is 10.1. The Morgan fingerprint density at radius 1 is 0.550 bits per heavy atom. The minimum atomic E-state index is 0.362. The highest BCUT2D eigenvalue weighted by molar-refractivity contribution is 4.81. The Balaban J connectivity index is 3.01. The summed E-state index contributed by atoms with van der Waals surface area (Å²) in [5.74, 6) is 0. The molecule has 120 valence electrons. The third-order valence-corrected chi connectivity index (χ3v) is 3.92. The monoisotopic (exact) mass is 282 g/mol. The molecule has 0 fully saturated rings. The first-order chi connectivity index (χ1) is 9.91. The standard InChI is InChI=1S/C19H38O/c1-2-3-4-5-6-7-8-9-10-11-12-13-14-15-16-17-18-19-20/h10-11,20H,2-9,12-19H2,1H3/b11-10-. The molecule has 1 heteroatoms. The molecule has 0 bridgehead atoms. The number of hydrogen-bond donors (Lipinski definition) is 1. The third-order valence-electron chi connectivity index (χ3n) is 3.92. The van der Waals surface area contributed by atoms with E-state index in [0.717, 1.165) is 6.42 Å². The summed E-state index contributed by atoms with van der Waals surface area (Å²) in [4.78, 5) is 0. The molecule has 0 heterocycles. The second kappa shape index (κ2) is 18.7. The second-order valence-electron chi connectivity index (χ2n) is 6.02. The number of allylic oxidation sites excluding steroid dienone is 2. The van der Waals surface area contributed by atoms with Crippen LogP contribution in [0, 0.1) is 0 Å². The zero-order valence-electron chi connectivity index (χ0n) is 13.9. The predicted octanol–water partition coefficient (Wildman–Crippen LogP) is 6.41. The van der Waals surface area contributed by atoms with Crippen LogP contribution >= 0.6 is 0 Å². The molecular weight excluding hydrogens is 244 g/mol. The van der Waals surface area contributed by atoms with Crippen LogP contribution in [0.4, 0.5) is 0 Å². The Bertz CT molecular complexity index is 166. The lowest BCUT2D eigenvalue weighted by molar-refractivity contribution is 0.282. The zero-order chi connectivity index (χ0) is 14.7. The molecule has 0 amide bonds. The summed E-state index contributed by atoms with van der Waals surface area (Å²) in [6.45, 7) is 2.64. The fraction of sp³-hybridized carbons (Fsp3) is 0.895. The Labute approximate surface area is 127 Å². The van der Waals surface area contributed by atoms with Gasteiger partial charge in [0.1, 0.15) is 0 Å². The smallest absolute Gasteiger partial charge is 0.0431 e. The highest BCUT2D eigenvalue weighted by Gasteiger charge is 1.91. The highest BCUT2D eigenvalue weighted by atomic mass is 16.2. The van der Waals surface area contributed by atoms with Gasteiger partial charge >= 0.3 is 0 Å². The summed E-state index contributed by atoms with van der Waals surface area (Å²) in [7, 11) is 0. The van der Waals surface area contributed by atoms with Crippen molar-refractivity contribution in [3.8, 4) is 0 Å². The van der Waals surface area contributed by atoms with Crippen LogP contribution in [-0.4, -0.2) is 11.7 Å². The first kappa shape index (κ1) is 19.7. The molecule has 0 saturated carbocycles. The molecule has 0 aliphatic carbocycles. The predicted molar refractivity (Wildman–Crippen MR) is 91.2 cm³/mol. The van der Waals surface area contributed by atoms with E-state index in [4.69, 9.17) is 5.11 Å². The molecule has 0 unspecified atom stereocenters. The zero-order valence-corrected chi connectivity index (χ0v) is 13.9. The van der Waals surface area contributed by atoms with Crippen LogP contribution in [-0.2, 0) is 0 Å². The summed E-state index contributed by atoms with van der Waals surface area (Å²) < 4.78 is 0. The van der Waals surface area contributed by atoms with Gasteiger partial charge in [0, 0.05) is 6.61 Å². The molecular formula is C19H38O. The Hall–Kier alpha value is -0.300. The first-order valence-electron chi connectivity index (χ1n) is 9.17. The molecule has 0 aliphatic rings. The number of aliphatic hydroxyl groups excluding tert-OH is 1. The van der Waals surface area contributed by atoms with Crippen molar-refractivity contribution in [3.63, 3.8) is 0 Å². The Kier molecular flexibility index (Phi) is 18.4. The van der Waals surface area contributed by atoms with Crippen LogP contribution in [0.15, 0.2) is 12.2 Å². The summed E-state index contributed by atoms with van der Waals surface area (Å²) in [5.41, 5.74) is 0. The lowest BCUT2D eigenvalue weighted by Crippen LogP contribution is -1.83. The molecule has 1 nitrogen and oxygen atoms in total. The highest BCUT2D eigenvalue weighted by Crippen LogP contribution is 2.10. The van der Waals surface area contributed by atoms with Crippen molar-refractivity contribution >= 4 is 0 Å². The molecule has 0 atom stereocenters. The Morgan fingerprint density at radius 3 is 1.40 bits per heavy atom. The van der Waals surface area contributed by atoms with E-state index in [1.54, 1.807) is 0 Å². The number of unbranched alkanes of at least 4 members (excludes halogenated alkanes) is 13. The molecule has 0 aliphatic heterocycles. The van der Waals surface area contributed by atoms with Crippen LogP contribution in [0.5, 0.6) is 0 Å². The lowest BCUT2D eigenvalue weighted by Gasteiger charge is -1.99. The topological polar surface area (TPSA) is 20.2 Å². The van der Waals surface area contributed by atoms with Crippen LogP contribution in [0.2, 0.25) is 0 Å². The van der Waals surface area contributed by atoms with Crippen molar-refractivity contribution in [2.75, 3.05) is 6.61 Å². The van der Waals surface area contributed by atoms with E-state index in [9.17, 15) is 0 Å². The van der Waals surface area contributed by atoms with E-state index in [1.807, 2.05) is 0 Å². The van der Waals surface area contributed by atoms with Crippen molar-refractivity contribution in [2.45, 2.75) is 103 Å². The first-order valence-corrected chi connectivity index (χ1v) is 9.17. The largest absolute Gasteiger partial charge is 0.396 e. The van der Waals surface area contributed by atoms with Gasteiger partial charge in [-0.1, -0.05) is 83.3 Å². The fourth-order valence-corrected chi connectivity index (χ4v) is 2.54. The summed E-state index contributed by atoms with van der Waals surface area (Å²) >= 11 is 0. The maximum absolute atomic E-state index is 8.67. The van der Waals surface area contributed by atoms with Crippen molar-refractivity contribution < 1.29 is 5.11 Å². The quantitative estimate of drug-likeness (QED) is 0.256. The van der Waals surface area contributed by atoms with Gasteiger partial charge in [0.05, 0.1) is 0 Å². The molecule has 20 heavy (non-hydrogen) atoms. The molecule has 0 aromatic carbocycles. The third kappa shape index (κ3) is 17.7. The van der Waals surface area contributed by atoms with Gasteiger partial charge in [0.15, 0.2) is 0 Å². The van der Waals surface area contributed by atoms with E-state index >= 15 is 0 Å². The van der Waals surface area contributed by atoms with Gasteiger partial charge in [0.2, 0.25) is 0 Å². The Morgan fingerprint density at radius 2 is 0.950 bits per heavy atom. The summed E-state index contributed by atoms with van der Waals surface area (Å²) in [6, 6.07) is 0. The van der Waals surface area contributed by atoms with Crippen LogP contribution in [0.1, 0.15) is 103 Å². The van der Waals surface area contributed by atoms with Gasteiger partial charge in [-0.05, 0) is 32.1 Å². The molecule has 0 spiro atoms. The fourth-order valence-electron chi connectivity index (χ4n) is 2.54. The van der Waals surface area contributed by atoms with Gasteiger partial charge in [-0.15, -0.1) is 0 Å². The van der Waals surface area contributed by atoms with E-state index < -0.39 is 0 Å². The van der Waals surface area contributed by atoms with Gasteiger partial charge in [0.25, 0.3) is 0 Å². The summed E-state index contributed by atoms with van der Waals surface area (Å²) in [6.07, 6.45) is 24.7. The maximum atomic E-state index is 8.67. The molecule has 0 aromatic rings. The van der Waals surface area contributed by atoms with Crippen LogP contribution < -0.4 is 0 Å². The van der Waals surface area contributed by atoms with E-state index in [0.29, 0.717) is 6.61 Å². The number of aliphatic hydroxyl groups is 1. The molecule has 1 N–H and O–H groups in total. The van der Waals surface area contributed by atoms with Gasteiger partial charge in [-0.25, -0.2) is 0 Å². The van der Waals surface area contributed by atoms with Crippen molar-refractivity contribution in [1.82, 2.24) is 0 Å². The van der Waals surface area contributed by atoms with E-state index in [2.05, 4.69) is 19.1 Å². The van der Waals surface area contributed by atoms with Gasteiger partial charge in [-0.2, -0.15) is 0 Å². The molecule has 0 saturated heterocycles. The van der Waals surface area contributed by atoms with Gasteiger partial charge < -0.3 is 5.11 Å². The van der Waals surface area contributed by atoms with Crippen molar-refractivity contribution in [1.29, 1.82) is 0 Å². The average Bonchev–Trinajstić information content (AvgIpc) is 2.47. The summed E-state index contributed by atoms with van der Waals surface area (Å²) in [5, 5.41) is 8.67. The molecule has 0 rings (SSSR count). The SMILES string of the molecule is CCCCCCCCC/C=C\CCCCCCCCO. The minimum absolute atomic E-state index is 0.362. The minimum Gasteiger partial charge on any atom is -0.396 e. The van der Waals surface area contributed by atoms with Crippen molar-refractivity contribution in [3.05, 3.63) is 12.2 Å². The maximum Gasteiger partial charge on any atom is 0.0431 e. The van der Waals surface area contributed by atoms with Gasteiger partial charge in [-0.3, -0.25) is 0 Å². The normalized spacial score (nSPS) is 11.5. The number of hydrogen-bond acceptors (Lipinski definition) is 1. The number of rotatable bonds is 16. The molecule has 0 radical (unpaired) electrons. The van der Waals surface area contributed by atoms with E-state index in [1.165, 1.54) is 89.9 Å². The average molecular weight is 283 g/mol. The van der Waals surface area contributed by atoms with E-state index in [-0.39, 0.29) is 0 Å². The molecule has 0 aromatic heterocycles. The van der Waals surface area contributed by atoms with Crippen LogP contribution in [0.25, 0.3) is 0 Å².